The lowest BCUT2D eigenvalue weighted by atomic mass is 9.80. The number of carboxylic acid groups (broad SMARTS) is 1. The van der Waals surface area contributed by atoms with E-state index in [4.69, 9.17) is 5.11 Å². The van der Waals surface area contributed by atoms with Crippen LogP contribution in [0.2, 0.25) is 0 Å². The van der Waals surface area contributed by atoms with Crippen LogP contribution in [0, 0.1) is 11.3 Å². The van der Waals surface area contributed by atoms with Crippen molar-refractivity contribution in [1.29, 1.82) is 0 Å². The van der Waals surface area contributed by atoms with Crippen molar-refractivity contribution in [3.63, 3.8) is 0 Å². The Labute approximate surface area is 97.4 Å². The lowest BCUT2D eigenvalue weighted by Crippen LogP contribution is -2.46. The minimum absolute atomic E-state index is 0.393. The molecule has 0 fully saturated rings. The number of carbonyl (C=O) groups is 2. The first-order valence-electron chi connectivity index (χ1n) is 4.91. The number of rotatable bonds is 3. The van der Waals surface area contributed by atoms with Gasteiger partial charge in [0, 0.05) is 7.05 Å². The van der Waals surface area contributed by atoms with E-state index >= 15 is 0 Å². The molecule has 0 aromatic carbocycles. The van der Waals surface area contributed by atoms with E-state index in [0.29, 0.717) is 4.90 Å². The van der Waals surface area contributed by atoms with Gasteiger partial charge in [-0.15, -0.1) is 0 Å². The van der Waals surface area contributed by atoms with E-state index in [1.54, 1.807) is 0 Å². The molecule has 0 aromatic heterocycles. The van der Waals surface area contributed by atoms with Crippen LogP contribution in [0.4, 0.5) is 13.2 Å². The zero-order valence-corrected chi connectivity index (χ0v) is 10.1. The fourth-order valence-corrected chi connectivity index (χ4v) is 1.41. The van der Waals surface area contributed by atoms with E-state index < -0.39 is 35.9 Å². The molecule has 0 aromatic rings. The fraction of sp³-hybridized carbons (Fsp3) is 0.800. The number of amides is 1. The van der Waals surface area contributed by atoms with Gasteiger partial charge in [-0.2, -0.15) is 13.2 Å². The number of halogens is 3. The molecule has 0 saturated carbocycles. The second-order valence-electron chi connectivity index (χ2n) is 4.95. The van der Waals surface area contributed by atoms with Crippen molar-refractivity contribution in [2.75, 3.05) is 13.6 Å². The Morgan fingerprint density at radius 1 is 1.24 bits per heavy atom. The number of alkyl halides is 3. The zero-order valence-electron chi connectivity index (χ0n) is 10.1. The Kier molecular flexibility index (Phi) is 4.56. The topological polar surface area (TPSA) is 57.6 Å². The van der Waals surface area contributed by atoms with E-state index in [1.165, 1.54) is 20.8 Å². The predicted octanol–water partition coefficient (Wildman–Crippen LogP) is 1.75. The van der Waals surface area contributed by atoms with Crippen molar-refractivity contribution < 1.29 is 27.9 Å². The predicted molar refractivity (Wildman–Crippen MR) is 54.3 cm³/mol. The molecule has 7 heteroatoms. The van der Waals surface area contributed by atoms with Gasteiger partial charge in [0.25, 0.3) is 0 Å². The molecule has 1 N–H and O–H groups in total. The Balaban J connectivity index is 4.94. The highest BCUT2D eigenvalue weighted by Gasteiger charge is 2.41. The smallest absolute Gasteiger partial charge is 0.406 e. The summed E-state index contributed by atoms with van der Waals surface area (Å²) in [6, 6.07) is 0. The normalized spacial score (nSPS) is 14.3. The lowest BCUT2D eigenvalue weighted by molar-refractivity contribution is -0.169. The summed E-state index contributed by atoms with van der Waals surface area (Å²) in [5.74, 6) is -3.95. The largest absolute Gasteiger partial charge is 0.481 e. The maximum atomic E-state index is 12.1. The number of carbonyl (C=O) groups excluding carboxylic acids is 1. The number of hydrogen-bond donors (Lipinski definition) is 1. The van der Waals surface area contributed by atoms with Crippen molar-refractivity contribution in [3.05, 3.63) is 0 Å². The first-order valence-corrected chi connectivity index (χ1v) is 4.91. The molecule has 0 saturated heterocycles. The summed E-state index contributed by atoms with van der Waals surface area (Å²) in [6.07, 6.45) is -4.54. The van der Waals surface area contributed by atoms with Gasteiger partial charge < -0.3 is 10.0 Å². The van der Waals surface area contributed by atoms with E-state index in [-0.39, 0.29) is 0 Å². The molecule has 17 heavy (non-hydrogen) atoms. The quantitative estimate of drug-likeness (QED) is 0.782. The van der Waals surface area contributed by atoms with Crippen LogP contribution in [0.25, 0.3) is 0 Å². The number of nitrogens with zero attached hydrogens (tertiary/aromatic N) is 1. The highest BCUT2D eigenvalue weighted by atomic mass is 19.4. The van der Waals surface area contributed by atoms with E-state index in [1.807, 2.05) is 0 Å². The van der Waals surface area contributed by atoms with Crippen molar-refractivity contribution >= 4 is 11.9 Å². The minimum Gasteiger partial charge on any atom is -0.481 e. The SMILES string of the molecule is CN(CC(F)(F)F)C(=O)C(C(=O)O)C(C)(C)C. The first kappa shape index (κ1) is 15.7. The van der Waals surface area contributed by atoms with Gasteiger partial charge in [0.2, 0.25) is 5.91 Å². The van der Waals surface area contributed by atoms with Crippen LogP contribution < -0.4 is 0 Å². The van der Waals surface area contributed by atoms with Gasteiger partial charge in [-0.1, -0.05) is 20.8 Å². The Bertz CT molecular complexity index is 307. The third-order valence-corrected chi connectivity index (χ3v) is 2.15. The average Bonchev–Trinajstić information content (AvgIpc) is 1.96. The molecule has 1 amide bonds. The number of carboxylic acids is 1. The van der Waals surface area contributed by atoms with Crippen LogP contribution in [-0.4, -0.2) is 41.7 Å². The van der Waals surface area contributed by atoms with Gasteiger partial charge >= 0.3 is 12.1 Å². The molecule has 4 nitrogen and oxygen atoms in total. The third kappa shape index (κ3) is 5.06. The molecule has 0 spiro atoms. The maximum Gasteiger partial charge on any atom is 0.406 e. The lowest BCUT2D eigenvalue weighted by Gasteiger charge is -2.30. The summed E-state index contributed by atoms with van der Waals surface area (Å²) < 4.78 is 36.3. The monoisotopic (exact) mass is 255 g/mol. The van der Waals surface area contributed by atoms with Gasteiger partial charge in [0.1, 0.15) is 12.5 Å². The Hall–Kier alpha value is -1.27. The molecule has 1 atom stereocenters. The molecular formula is C10H16F3NO3. The third-order valence-electron chi connectivity index (χ3n) is 2.15. The maximum absolute atomic E-state index is 12.1. The summed E-state index contributed by atoms with van der Waals surface area (Å²) in [5.41, 5.74) is -0.942. The van der Waals surface area contributed by atoms with E-state index in [9.17, 15) is 22.8 Å². The number of aliphatic carboxylic acids is 1. The van der Waals surface area contributed by atoms with E-state index in [2.05, 4.69) is 0 Å². The Morgan fingerprint density at radius 3 is 1.88 bits per heavy atom. The van der Waals surface area contributed by atoms with Gasteiger partial charge in [0.05, 0.1) is 0 Å². The van der Waals surface area contributed by atoms with Crippen molar-refractivity contribution in [1.82, 2.24) is 4.90 Å². The van der Waals surface area contributed by atoms with Gasteiger partial charge in [0.15, 0.2) is 0 Å². The molecule has 0 heterocycles. The van der Waals surface area contributed by atoms with Crippen molar-refractivity contribution in [2.45, 2.75) is 26.9 Å². The molecule has 1 unspecified atom stereocenters. The fourth-order valence-electron chi connectivity index (χ4n) is 1.41. The van der Waals surface area contributed by atoms with Crippen molar-refractivity contribution in [2.24, 2.45) is 11.3 Å². The molecule has 0 aliphatic heterocycles. The van der Waals surface area contributed by atoms with Crippen LogP contribution in [0.3, 0.4) is 0 Å². The molecular weight excluding hydrogens is 239 g/mol. The highest BCUT2D eigenvalue weighted by Crippen LogP contribution is 2.28. The van der Waals surface area contributed by atoms with Crippen molar-refractivity contribution in [3.8, 4) is 0 Å². The second-order valence-corrected chi connectivity index (χ2v) is 4.95. The van der Waals surface area contributed by atoms with Gasteiger partial charge in [-0.05, 0) is 5.41 Å². The van der Waals surface area contributed by atoms with Crippen LogP contribution in [0.5, 0.6) is 0 Å². The van der Waals surface area contributed by atoms with Crippen LogP contribution >= 0.6 is 0 Å². The highest BCUT2D eigenvalue weighted by molar-refractivity contribution is 5.97. The summed E-state index contributed by atoms with van der Waals surface area (Å²) in [4.78, 5) is 23.0. The summed E-state index contributed by atoms with van der Waals surface area (Å²) >= 11 is 0. The van der Waals surface area contributed by atoms with Crippen LogP contribution in [-0.2, 0) is 9.59 Å². The Morgan fingerprint density at radius 2 is 1.65 bits per heavy atom. The molecule has 100 valence electrons. The minimum atomic E-state index is -4.54. The van der Waals surface area contributed by atoms with E-state index in [0.717, 1.165) is 7.05 Å². The molecule has 0 bridgehead atoms. The second kappa shape index (κ2) is 4.93. The van der Waals surface area contributed by atoms with Crippen LogP contribution in [0.15, 0.2) is 0 Å². The molecule has 0 rings (SSSR count). The molecule has 0 aliphatic carbocycles. The summed E-state index contributed by atoms with van der Waals surface area (Å²) in [6.45, 7) is 3.02. The molecule has 0 aliphatic rings. The number of hydrogen-bond acceptors (Lipinski definition) is 2. The zero-order chi connectivity index (χ0) is 14.0. The standard InChI is InChI=1S/C10H16F3NO3/c1-9(2,3)6(8(16)17)7(15)14(4)5-10(11,12)13/h6H,5H2,1-4H3,(H,16,17). The average molecular weight is 255 g/mol. The van der Waals surface area contributed by atoms with Crippen LogP contribution in [0.1, 0.15) is 20.8 Å². The summed E-state index contributed by atoms with van der Waals surface area (Å²) in [7, 11) is 0.942. The first-order chi connectivity index (χ1) is 7.36. The molecule has 0 radical (unpaired) electrons. The summed E-state index contributed by atoms with van der Waals surface area (Å²) in [5, 5.41) is 8.90. The van der Waals surface area contributed by atoms with Gasteiger partial charge in [-0.3, -0.25) is 9.59 Å². The van der Waals surface area contributed by atoms with Gasteiger partial charge in [-0.25, -0.2) is 0 Å².